The van der Waals surface area contributed by atoms with Crippen molar-refractivity contribution in [3.05, 3.63) is 34.9 Å². The number of aliphatic hydroxyl groups is 1. The average Bonchev–Trinajstić information content (AvgIpc) is 2.16. The molecule has 1 N–H and O–H groups in total. The van der Waals surface area contributed by atoms with E-state index < -0.39 is 5.97 Å². The van der Waals surface area contributed by atoms with Crippen molar-refractivity contribution in [1.82, 2.24) is 0 Å². The van der Waals surface area contributed by atoms with Crippen LogP contribution in [0.3, 0.4) is 0 Å². The zero-order valence-electron chi connectivity index (χ0n) is 7.70. The van der Waals surface area contributed by atoms with Gasteiger partial charge in [0.25, 0.3) is 0 Å². The Morgan fingerprint density at radius 2 is 2.23 bits per heavy atom. The van der Waals surface area contributed by atoms with Gasteiger partial charge < -0.3 is 9.84 Å². The van der Waals surface area contributed by atoms with Crippen LogP contribution in [0, 0.1) is 6.92 Å². The predicted octanol–water partition coefficient (Wildman–Crippen LogP) is 1.27. The van der Waals surface area contributed by atoms with Crippen LogP contribution in [0.25, 0.3) is 0 Å². The minimum Gasteiger partial charge on any atom is -0.465 e. The average molecular weight is 180 g/mol. The summed E-state index contributed by atoms with van der Waals surface area (Å²) in [6, 6.07) is 5.32. The third-order valence-corrected chi connectivity index (χ3v) is 1.92. The minimum absolute atomic E-state index is 0.147. The highest BCUT2D eigenvalue weighted by atomic mass is 16.5. The molecule has 0 unspecified atom stereocenters. The van der Waals surface area contributed by atoms with E-state index in [9.17, 15) is 4.79 Å². The lowest BCUT2D eigenvalue weighted by Crippen LogP contribution is -2.07. The van der Waals surface area contributed by atoms with Crippen molar-refractivity contribution < 1.29 is 14.6 Å². The lowest BCUT2D eigenvalue weighted by molar-refractivity contribution is 0.0596. The van der Waals surface area contributed by atoms with Crippen molar-refractivity contribution in [3.8, 4) is 0 Å². The summed E-state index contributed by atoms with van der Waals surface area (Å²) in [6.07, 6.45) is 0. The van der Waals surface area contributed by atoms with Gasteiger partial charge in [-0.1, -0.05) is 18.2 Å². The SMILES string of the molecule is COC(=O)c1c(C)cccc1CO. The molecule has 0 saturated heterocycles. The zero-order valence-corrected chi connectivity index (χ0v) is 7.70. The molecule has 0 aliphatic carbocycles. The van der Waals surface area contributed by atoms with Gasteiger partial charge in [-0.25, -0.2) is 4.79 Å². The van der Waals surface area contributed by atoms with E-state index in [0.29, 0.717) is 11.1 Å². The quantitative estimate of drug-likeness (QED) is 0.697. The number of ether oxygens (including phenoxy) is 1. The standard InChI is InChI=1S/C10H12O3/c1-7-4-3-5-8(6-11)9(7)10(12)13-2/h3-5,11H,6H2,1-2H3. The molecule has 0 fully saturated rings. The number of hydrogen-bond acceptors (Lipinski definition) is 3. The fourth-order valence-electron chi connectivity index (χ4n) is 1.25. The van der Waals surface area contributed by atoms with Gasteiger partial charge in [-0.05, 0) is 18.1 Å². The number of rotatable bonds is 2. The molecule has 0 spiro atoms. The molecule has 0 radical (unpaired) electrons. The van der Waals surface area contributed by atoms with E-state index in [2.05, 4.69) is 4.74 Å². The van der Waals surface area contributed by atoms with E-state index in [4.69, 9.17) is 5.11 Å². The first-order valence-electron chi connectivity index (χ1n) is 3.98. The van der Waals surface area contributed by atoms with Gasteiger partial charge in [0.15, 0.2) is 0 Å². The Morgan fingerprint density at radius 3 is 2.77 bits per heavy atom. The molecular weight excluding hydrogens is 168 g/mol. The Bertz CT molecular complexity index is 318. The molecule has 70 valence electrons. The minimum atomic E-state index is -0.401. The fraction of sp³-hybridized carbons (Fsp3) is 0.300. The molecule has 3 nitrogen and oxygen atoms in total. The Balaban J connectivity index is 3.22. The van der Waals surface area contributed by atoms with E-state index in [1.807, 2.05) is 13.0 Å². The highest BCUT2D eigenvalue weighted by molar-refractivity contribution is 5.92. The van der Waals surface area contributed by atoms with Crippen molar-refractivity contribution in [1.29, 1.82) is 0 Å². The third kappa shape index (κ3) is 1.87. The molecule has 1 rings (SSSR count). The van der Waals surface area contributed by atoms with Gasteiger partial charge in [-0.2, -0.15) is 0 Å². The van der Waals surface area contributed by atoms with Gasteiger partial charge in [0.05, 0.1) is 19.3 Å². The molecule has 0 aliphatic rings. The van der Waals surface area contributed by atoms with Crippen LogP contribution in [-0.4, -0.2) is 18.2 Å². The topological polar surface area (TPSA) is 46.5 Å². The van der Waals surface area contributed by atoms with Crippen LogP contribution >= 0.6 is 0 Å². The number of benzene rings is 1. The maximum absolute atomic E-state index is 11.3. The van der Waals surface area contributed by atoms with E-state index in [0.717, 1.165) is 5.56 Å². The van der Waals surface area contributed by atoms with Crippen LogP contribution in [0.5, 0.6) is 0 Å². The highest BCUT2D eigenvalue weighted by Crippen LogP contribution is 2.15. The molecule has 0 bridgehead atoms. The molecule has 0 amide bonds. The number of methoxy groups -OCH3 is 1. The molecule has 0 aliphatic heterocycles. The number of hydrogen-bond donors (Lipinski definition) is 1. The Morgan fingerprint density at radius 1 is 1.54 bits per heavy atom. The van der Waals surface area contributed by atoms with Gasteiger partial charge >= 0.3 is 5.97 Å². The molecule has 13 heavy (non-hydrogen) atoms. The summed E-state index contributed by atoms with van der Waals surface area (Å²) in [5, 5.41) is 8.98. The third-order valence-electron chi connectivity index (χ3n) is 1.92. The highest BCUT2D eigenvalue weighted by Gasteiger charge is 2.13. The first kappa shape index (κ1) is 9.74. The van der Waals surface area contributed by atoms with Crippen LogP contribution in [0.4, 0.5) is 0 Å². The van der Waals surface area contributed by atoms with Gasteiger partial charge in [-0.3, -0.25) is 0 Å². The van der Waals surface area contributed by atoms with Crippen molar-refractivity contribution in [2.45, 2.75) is 13.5 Å². The number of carbonyl (C=O) groups excluding carboxylic acids is 1. The summed E-state index contributed by atoms with van der Waals surface area (Å²) in [6.45, 7) is 1.66. The molecule has 0 aromatic heterocycles. The van der Waals surface area contributed by atoms with E-state index >= 15 is 0 Å². The predicted molar refractivity (Wildman–Crippen MR) is 48.4 cm³/mol. The van der Waals surface area contributed by atoms with Crippen molar-refractivity contribution in [3.63, 3.8) is 0 Å². The first-order valence-corrected chi connectivity index (χ1v) is 3.98. The van der Waals surface area contributed by atoms with Crippen LogP contribution in [0.15, 0.2) is 18.2 Å². The van der Waals surface area contributed by atoms with E-state index in [1.54, 1.807) is 12.1 Å². The second kappa shape index (κ2) is 4.05. The van der Waals surface area contributed by atoms with E-state index in [1.165, 1.54) is 7.11 Å². The number of aliphatic hydroxyl groups excluding tert-OH is 1. The normalized spacial score (nSPS) is 9.77. The Hall–Kier alpha value is -1.35. The summed E-state index contributed by atoms with van der Waals surface area (Å²) < 4.78 is 4.61. The summed E-state index contributed by atoms with van der Waals surface area (Å²) in [7, 11) is 1.33. The lowest BCUT2D eigenvalue weighted by Gasteiger charge is -2.07. The smallest absolute Gasteiger partial charge is 0.338 e. The Kier molecular flexibility index (Phi) is 3.03. The van der Waals surface area contributed by atoms with Crippen molar-refractivity contribution >= 4 is 5.97 Å². The zero-order chi connectivity index (χ0) is 9.84. The van der Waals surface area contributed by atoms with Crippen LogP contribution in [0.2, 0.25) is 0 Å². The molecular formula is C10H12O3. The van der Waals surface area contributed by atoms with Gasteiger partial charge in [0.2, 0.25) is 0 Å². The van der Waals surface area contributed by atoms with E-state index in [-0.39, 0.29) is 6.61 Å². The Labute approximate surface area is 77.0 Å². The number of esters is 1. The van der Waals surface area contributed by atoms with Crippen LogP contribution in [-0.2, 0) is 11.3 Å². The van der Waals surface area contributed by atoms with Gasteiger partial charge in [0.1, 0.15) is 0 Å². The van der Waals surface area contributed by atoms with Crippen LogP contribution < -0.4 is 0 Å². The summed E-state index contributed by atoms with van der Waals surface area (Å²) in [4.78, 5) is 11.3. The number of aryl methyl sites for hydroxylation is 1. The van der Waals surface area contributed by atoms with Crippen molar-refractivity contribution in [2.75, 3.05) is 7.11 Å². The second-order valence-corrected chi connectivity index (χ2v) is 2.76. The van der Waals surface area contributed by atoms with Crippen LogP contribution in [0.1, 0.15) is 21.5 Å². The molecule has 0 heterocycles. The first-order chi connectivity index (χ1) is 6.20. The molecule has 1 aromatic rings. The second-order valence-electron chi connectivity index (χ2n) is 2.76. The van der Waals surface area contributed by atoms with Gasteiger partial charge in [0, 0.05) is 0 Å². The summed E-state index contributed by atoms with van der Waals surface area (Å²) >= 11 is 0. The molecule has 0 atom stereocenters. The lowest BCUT2D eigenvalue weighted by atomic mass is 10.0. The van der Waals surface area contributed by atoms with Gasteiger partial charge in [-0.15, -0.1) is 0 Å². The summed E-state index contributed by atoms with van der Waals surface area (Å²) in [5.74, 6) is -0.401. The summed E-state index contributed by atoms with van der Waals surface area (Å²) in [5.41, 5.74) is 1.89. The fourth-order valence-corrected chi connectivity index (χ4v) is 1.25. The van der Waals surface area contributed by atoms with Crippen molar-refractivity contribution in [2.24, 2.45) is 0 Å². The molecule has 0 saturated carbocycles. The largest absolute Gasteiger partial charge is 0.465 e. The maximum atomic E-state index is 11.3. The number of carbonyl (C=O) groups is 1. The maximum Gasteiger partial charge on any atom is 0.338 e. The molecule has 1 aromatic carbocycles. The molecule has 3 heteroatoms. The monoisotopic (exact) mass is 180 g/mol.